The lowest BCUT2D eigenvalue weighted by Gasteiger charge is -2.34. The molecule has 0 saturated carbocycles. The minimum absolute atomic E-state index is 0.0715. The van der Waals surface area contributed by atoms with E-state index >= 15 is 0 Å². The first kappa shape index (κ1) is 20.7. The zero-order chi connectivity index (χ0) is 21.1. The number of nitrogens with zero attached hydrogens (tertiary/aromatic N) is 2. The first-order valence-corrected chi connectivity index (χ1v) is 11.5. The van der Waals surface area contributed by atoms with Crippen molar-refractivity contribution in [1.82, 2.24) is 9.21 Å². The molecule has 3 aromatic rings. The molecule has 30 heavy (non-hydrogen) atoms. The van der Waals surface area contributed by atoms with Crippen LogP contribution >= 0.6 is 11.6 Å². The second-order valence-electron chi connectivity index (χ2n) is 7.16. The highest BCUT2D eigenvalue weighted by Gasteiger charge is 2.30. The molecule has 1 amide bonds. The minimum Gasteiger partial charge on any atom is -0.376 e. The van der Waals surface area contributed by atoms with Crippen molar-refractivity contribution in [3.8, 4) is 0 Å². The molecule has 1 N–H and O–H groups in total. The molecule has 0 spiro atoms. The van der Waals surface area contributed by atoms with E-state index in [1.165, 1.54) is 4.31 Å². The van der Waals surface area contributed by atoms with Gasteiger partial charge in [0.15, 0.2) is 0 Å². The topological polar surface area (TPSA) is 69.7 Å². The van der Waals surface area contributed by atoms with Crippen molar-refractivity contribution in [3.63, 3.8) is 0 Å². The molecular weight excluding hydrogens is 422 g/mol. The molecule has 6 nitrogen and oxygen atoms in total. The summed E-state index contributed by atoms with van der Waals surface area (Å²) in [4.78, 5) is 14.5. The number of fused-ring (bicyclic) bond motifs is 1. The van der Waals surface area contributed by atoms with Crippen LogP contribution in [0.2, 0.25) is 5.02 Å². The average Bonchev–Trinajstić information content (AvgIpc) is 2.77. The van der Waals surface area contributed by atoms with Crippen LogP contribution in [0.1, 0.15) is 0 Å². The molecule has 4 rings (SSSR count). The van der Waals surface area contributed by atoms with E-state index in [-0.39, 0.29) is 30.4 Å². The van der Waals surface area contributed by atoms with Gasteiger partial charge in [0.05, 0.1) is 11.4 Å². The van der Waals surface area contributed by atoms with Crippen LogP contribution in [0, 0.1) is 0 Å². The number of piperazine rings is 1. The summed E-state index contributed by atoms with van der Waals surface area (Å²) < 4.78 is 27.5. The lowest BCUT2D eigenvalue weighted by molar-refractivity contribution is -0.130. The Morgan fingerprint density at radius 2 is 1.63 bits per heavy atom. The van der Waals surface area contributed by atoms with E-state index in [0.29, 0.717) is 18.1 Å². The molecule has 8 heteroatoms. The smallest absolute Gasteiger partial charge is 0.243 e. The van der Waals surface area contributed by atoms with E-state index in [1.807, 2.05) is 42.5 Å². The van der Waals surface area contributed by atoms with Gasteiger partial charge in [0, 0.05) is 36.9 Å². The fraction of sp³-hybridized carbons (Fsp3) is 0.227. The van der Waals surface area contributed by atoms with E-state index in [2.05, 4.69) is 5.32 Å². The predicted molar refractivity (Wildman–Crippen MR) is 119 cm³/mol. The molecule has 0 aliphatic carbocycles. The number of anilines is 1. The molecule has 156 valence electrons. The van der Waals surface area contributed by atoms with Gasteiger partial charge < -0.3 is 10.2 Å². The van der Waals surface area contributed by atoms with Crippen LogP contribution < -0.4 is 5.32 Å². The van der Waals surface area contributed by atoms with Crippen LogP contribution in [0.3, 0.4) is 0 Å². The van der Waals surface area contributed by atoms with Gasteiger partial charge in [-0.05, 0) is 41.1 Å². The lowest BCUT2D eigenvalue weighted by Crippen LogP contribution is -2.51. The molecule has 1 saturated heterocycles. The van der Waals surface area contributed by atoms with E-state index in [4.69, 9.17) is 11.6 Å². The number of nitrogens with one attached hydrogen (secondary N) is 1. The number of halogens is 1. The minimum atomic E-state index is -3.60. The summed E-state index contributed by atoms with van der Waals surface area (Å²) in [6, 6.07) is 20.0. The van der Waals surface area contributed by atoms with E-state index in [1.54, 1.807) is 29.2 Å². The summed E-state index contributed by atoms with van der Waals surface area (Å²) in [5, 5.41) is 5.54. The summed E-state index contributed by atoms with van der Waals surface area (Å²) in [7, 11) is -3.60. The normalized spacial score (nSPS) is 15.3. The zero-order valence-corrected chi connectivity index (χ0v) is 17.9. The molecule has 0 radical (unpaired) electrons. The van der Waals surface area contributed by atoms with Crippen molar-refractivity contribution in [2.45, 2.75) is 4.90 Å². The second-order valence-corrected chi connectivity index (χ2v) is 9.53. The maximum Gasteiger partial charge on any atom is 0.243 e. The number of hydrogen-bond acceptors (Lipinski definition) is 4. The van der Waals surface area contributed by atoms with E-state index < -0.39 is 10.0 Å². The molecule has 1 fully saturated rings. The molecule has 1 aliphatic rings. The third kappa shape index (κ3) is 4.43. The highest BCUT2D eigenvalue weighted by atomic mass is 35.5. The highest BCUT2D eigenvalue weighted by Crippen LogP contribution is 2.23. The number of carbonyl (C=O) groups excluding carboxylic acids is 1. The lowest BCUT2D eigenvalue weighted by atomic mass is 10.1. The molecule has 1 aliphatic heterocycles. The summed E-state index contributed by atoms with van der Waals surface area (Å²) in [5.74, 6) is -0.0715. The second kappa shape index (κ2) is 8.63. The van der Waals surface area contributed by atoms with Gasteiger partial charge in [0.25, 0.3) is 0 Å². The third-order valence-corrected chi connectivity index (χ3v) is 7.35. The van der Waals surface area contributed by atoms with Crippen molar-refractivity contribution in [3.05, 3.63) is 71.8 Å². The summed E-state index contributed by atoms with van der Waals surface area (Å²) in [5.41, 5.74) is 0.772. The number of carbonyl (C=O) groups is 1. The number of sulfonamides is 1. The Hall–Kier alpha value is -2.61. The predicted octanol–water partition coefficient (Wildman–Crippen LogP) is 3.44. The van der Waals surface area contributed by atoms with Crippen LogP contribution in [-0.4, -0.2) is 56.3 Å². The van der Waals surface area contributed by atoms with Crippen molar-refractivity contribution >= 4 is 44.0 Å². The van der Waals surface area contributed by atoms with Crippen LogP contribution in [0.25, 0.3) is 10.8 Å². The van der Waals surface area contributed by atoms with Gasteiger partial charge >= 0.3 is 0 Å². The van der Waals surface area contributed by atoms with Gasteiger partial charge in [-0.15, -0.1) is 0 Å². The highest BCUT2D eigenvalue weighted by molar-refractivity contribution is 7.89. The fourth-order valence-electron chi connectivity index (χ4n) is 3.54. The molecule has 0 aromatic heterocycles. The maximum absolute atomic E-state index is 13.0. The van der Waals surface area contributed by atoms with Gasteiger partial charge in [-0.3, -0.25) is 4.79 Å². The van der Waals surface area contributed by atoms with Crippen LogP contribution in [0.4, 0.5) is 5.69 Å². The first-order chi connectivity index (χ1) is 14.4. The number of amides is 1. The SMILES string of the molecule is O=C(CNc1cccc(Cl)c1)N1CCN(S(=O)(=O)c2ccc3ccccc3c2)CC1. The van der Waals surface area contributed by atoms with E-state index in [0.717, 1.165) is 16.5 Å². The van der Waals surface area contributed by atoms with E-state index in [9.17, 15) is 13.2 Å². The molecule has 0 bridgehead atoms. The average molecular weight is 444 g/mol. The number of rotatable bonds is 5. The summed E-state index contributed by atoms with van der Waals surface area (Å²) in [6.45, 7) is 1.42. The summed E-state index contributed by atoms with van der Waals surface area (Å²) in [6.07, 6.45) is 0. The van der Waals surface area contributed by atoms with Crippen molar-refractivity contribution in [2.24, 2.45) is 0 Å². The molecular formula is C22H22ClN3O3S. The fourth-order valence-corrected chi connectivity index (χ4v) is 5.19. The number of benzene rings is 3. The Morgan fingerprint density at radius 1 is 0.900 bits per heavy atom. The quantitative estimate of drug-likeness (QED) is 0.655. The molecule has 3 aromatic carbocycles. The molecule has 1 heterocycles. The first-order valence-electron chi connectivity index (χ1n) is 9.70. The summed E-state index contributed by atoms with van der Waals surface area (Å²) >= 11 is 5.95. The molecule has 0 unspecified atom stereocenters. The van der Waals surface area contributed by atoms with Gasteiger partial charge in [-0.2, -0.15) is 4.31 Å². The van der Waals surface area contributed by atoms with Crippen LogP contribution in [-0.2, 0) is 14.8 Å². The van der Waals surface area contributed by atoms with Gasteiger partial charge in [0.2, 0.25) is 15.9 Å². The van der Waals surface area contributed by atoms with Gasteiger partial charge in [-0.1, -0.05) is 48.0 Å². The Morgan fingerprint density at radius 3 is 2.37 bits per heavy atom. The van der Waals surface area contributed by atoms with Crippen molar-refractivity contribution in [2.75, 3.05) is 38.0 Å². The van der Waals surface area contributed by atoms with Gasteiger partial charge in [0.1, 0.15) is 0 Å². The van der Waals surface area contributed by atoms with Crippen molar-refractivity contribution < 1.29 is 13.2 Å². The van der Waals surface area contributed by atoms with Crippen LogP contribution in [0.15, 0.2) is 71.6 Å². The Balaban J connectivity index is 1.37. The maximum atomic E-state index is 13.0. The number of hydrogen-bond donors (Lipinski definition) is 1. The van der Waals surface area contributed by atoms with Crippen LogP contribution in [0.5, 0.6) is 0 Å². The third-order valence-electron chi connectivity index (χ3n) is 5.22. The standard InChI is InChI=1S/C22H22ClN3O3S/c23-19-6-3-7-20(15-19)24-16-22(27)25-10-12-26(13-11-25)30(28,29)21-9-8-17-4-1-2-5-18(17)14-21/h1-9,14-15,24H,10-13,16H2. The Bertz CT molecular complexity index is 1170. The van der Waals surface area contributed by atoms with Gasteiger partial charge in [-0.25, -0.2) is 8.42 Å². The Kier molecular flexibility index (Phi) is 5.94. The molecule has 0 atom stereocenters. The largest absolute Gasteiger partial charge is 0.376 e. The Labute approximate surface area is 181 Å². The van der Waals surface area contributed by atoms with Crippen molar-refractivity contribution in [1.29, 1.82) is 0 Å². The monoisotopic (exact) mass is 443 g/mol. The zero-order valence-electron chi connectivity index (χ0n) is 16.3.